The average Bonchev–Trinajstić information content (AvgIpc) is 2.44. The lowest BCUT2D eigenvalue weighted by Crippen LogP contribution is -2.49. The van der Waals surface area contributed by atoms with Crippen molar-refractivity contribution in [2.24, 2.45) is 0 Å². The van der Waals surface area contributed by atoms with Gasteiger partial charge >= 0.3 is 13.9 Å². The molecule has 22 heavy (non-hydrogen) atoms. The Morgan fingerprint density at radius 2 is 2.05 bits per heavy atom. The number of phosphoric acid groups is 1. The molecule has 2 atom stereocenters. The molecule has 0 heterocycles. The highest BCUT2D eigenvalue weighted by atomic mass is 31.2. The molecule has 0 aromatic heterocycles. The van der Waals surface area contributed by atoms with Crippen LogP contribution >= 0.6 is 7.82 Å². The van der Waals surface area contributed by atoms with Gasteiger partial charge in [-0.3, -0.25) is 4.52 Å². The van der Waals surface area contributed by atoms with Crippen LogP contribution in [0.15, 0.2) is 24.3 Å². The number of hydrogen-bond acceptors (Lipinski definition) is 3. The standard InChI is InChI=1S/C14H20NO6P/c1-10(9-21-22(18,19)20)15(14(16)17)13-7-6-11-4-2-3-5-12(11)8-13/h2-5,10,13H,6-9H2,1H3,(H,16,17)(H2,18,19,20). The summed E-state index contributed by atoms with van der Waals surface area (Å²) in [6.45, 7) is 1.25. The van der Waals surface area contributed by atoms with E-state index in [0.29, 0.717) is 12.8 Å². The molecule has 1 amide bonds. The van der Waals surface area contributed by atoms with Crippen molar-refractivity contribution in [1.29, 1.82) is 0 Å². The fraction of sp³-hybridized carbons (Fsp3) is 0.500. The number of aryl methyl sites for hydroxylation is 1. The van der Waals surface area contributed by atoms with Gasteiger partial charge in [-0.25, -0.2) is 9.36 Å². The number of hydrogen-bond donors (Lipinski definition) is 3. The summed E-state index contributed by atoms with van der Waals surface area (Å²) < 4.78 is 15.2. The fourth-order valence-corrected chi connectivity index (χ4v) is 3.32. The topological polar surface area (TPSA) is 107 Å². The molecule has 0 bridgehead atoms. The number of carbonyl (C=O) groups is 1. The first kappa shape index (κ1) is 17.0. The van der Waals surface area contributed by atoms with Crippen LogP contribution in [0.5, 0.6) is 0 Å². The van der Waals surface area contributed by atoms with E-state index < -0.39 is 20.0 Å². The Labute approximate surface area is 128 Å². The molecule has 1 aliphatic carbocycles. The Morgan fingerprint density at radius 3 is 2.64 bits per heavy atom. The van der Waals surface area contributed by atoms with Gasteiger partial charge < -0.3 is 19.8 Å². The molecular formula is C14H20NO6P. The second kappa shape index (κ2) is 6.79. The highest BCUT2D eigenvalue weighted by molar-refractivity contribution is 7.46. The third-order valence-electron chi connectivity index (χ3n) is 3.89. The summed E-state index contributed by atoms with van der Waals surface area (Å²) in [6, 6.07) is 7.05. The van der Waals surface area contributed by atoms with Crippen molar-refractivity contribution < 1.29 is 28.8 Å². The van der Waals surface area contributed by atoms with Crippen molar-refractivity contribution >= 4 is 13.9 Å². The monoisotopic (exact) mass is 329 g/mol. The molecule has 1 aromatic carbocycles. The van der Waals surface area contributed by atoms with Crippen LogP contribution in [0.25, 0.3) is 0 Å². The summed E-state index contributed by atoms with van der Waals surface area (Å²) in [4.78, 5) is 30.3. The Balaban J connectivity index is 2.09. The lowest BCUT2D eigenvalue weighted by molar-refractivity contribution is 0.0700. The third-order valence-corrected chi connectivity index (χ3v) is 4.38. The lowest BCUT2D eigenvalue weighted by atomic mass is 9.87. The minimum Gasteiger partial charge on any atom is -0.465 e. The molecule has 3 N–H and O–H groups in total. The van der Waals surface area contributed by atoms with E-state index >= 15 is 0 Å². The number of carboxylic acid groups (broad SMARTS) is 1. The second-order valence-electron chi connectivity index (χ2n) is 5.49. The van der Waals surface area contributed by atoms with Crippen LogP contribution in [-0.2, 0) is 21.9 Å². The van der Waals surface area contributed by atoms with Crippen LogP contribution in [0.3, 0.4) is 0 Å². The van der Waals surface area contributed by atoms with Gasteiger partial charge in [0.25, 0.3) is 0 Å². The first-order valence-electron chi connectivity index (χ1n) is 7.06. The van der Waals surface area contributed by atoms with E-state index in [1.165, 1.54) is 10.5 Å². The zero-order chi connectivity index (χ0) is 16.3. The molecule has 0 saturated carbocycles. The second-order valence-corrected chi connectivity index (χ2v) is 6.73. The number of amides is 1. The largest absolute Gasteiger partial charge is 0.469 e. The van der Waals surface area contributed by atoms with E-state index in [9.17, 15) is 14.5 Å². The molecule has 1 aromatic rings. The molecule has 122 valence electrons. The van der Waals surface area contributed by atoms with E-state index in [4.69, 9.17) is 9.79 Å². The van der Waals surface area contributed by atoms with Crippen molar-refractivity contribution in [3.63, 3.8) is 0 Å². The summed E-state index contributed by atoms with van der Waals surface area (Å²) in [6.07, 6.45) is 0.967. The minimum atomic E-state index is -4.60. The molecule has 0 fully saturated rings. The molecule has 0 aliphatic heterocycles. The van der Waals surface area contributed by atoms with E-state index in [1.54, 1.807) is 6.92 Å². The van der Waals surface area contributed by atoms with Gasteiger partial charge in [0.05, 0.1) is 12.6 Å². The number of nitrogens with zero attached hydrogens (tertiary/aromatic N) is 1. The van der Waals surface area contributed by atoms with Crippen LogP contribution in [0.4, 0.5) is 4.79 Å². The van der Waals surface area contributed by atoms with Crippen LogP contribution < -0.4 is 0 Å². The summed E-state index contributed by atoms with van der Waals surface area (Å²) >= 11 is 0. The Bertz CT molecular complexity index is 586. The van der Waals surface area contributed by atoms with Crippen LogP contribution in [-0.4, -0.2) is 44.6 Å². The smallest absolute Gasteiger partial charge is 0.465 e. The first-order valence-corrected chi connectivity index (χ1v) is 8.59. The molecule has 0 spiro atoms. The lowest BCUT2D eigenvalue weighted by Gasteiger charge is -2.37. The minimum absolute atomic E-state index is 0.220. The Morgan fingerprint density at radius 1 is 1.41 bits per heavy atom. The highest BCUT2D eigenvalue weighted by Crippen LogP contribution is 2.36. The van der Waals surface area contributed by atoms with Gasteiger partial charge in [-0.1, -0.05) is 24.3 Å². The van der Waals surface area contributed by atoms with Crippen molar-refractivity contribution in [1.82, 2.24) is 4.90 Å². The molecule has 0 radical (unpaired) electrons. The van der Waals surface area contributed by atoms with Crippen molar-refractivity contribution in [3.8, 4) is 0 Å². The van der Waals surface area contributed by atoms with Gasteiger partial charge in [-0.15, -0.1) is 0 Å². The zero-order valence-corrected chi connectivity index (χ0v) is 13.1. The van der Waals surface area contributed by atoms with Crippen LogP contribution in [0.1, 0.15) is 24.5 Å². The number of fused-ring (bicyclic) bond motifs is 1. The predicted octanol–water partition coefficient (Wildman–Crippen LogP) is 2.02. The van der Waals surface area contributed by atoms with E-state index in [-0.39, 0.29) is 12.6 Å². The predicted molar refractivity (Wildman–Crippen MR) is 79.6 cm³/mol. The maximum atomic E-state index is 11.6. The van der Waals surface area contributed by atoms with Crippen LogP contribution in [0.2, 0.25) is 0 Å². The van der Waals surface area contributed by atoms with Gasteiger partial charge in [0, 0.05) is 6.04 Å². The normalized spacial score (nSPS) is 19.3. The Hall–Kier alpha value is -1.40. The van der Waals surface area contributed by atoms with Crippen molar-refractivity contribution in [2.45, 2.75) is 38.3 Å². The van der Waals surface area contributed by atoms with Crippen LogP contribution in [0, 0.1) is 0 Å². The van der Waals surface area contributed by atoms with E-state index in [2.05, 4.69) is 4.52 Å². The van der Waals surface area contributed by atoms with Gasteiger partial charge in [-0.05, 0) is 37.3 Å². The van der Waals surface area contributed by atoms with E-state index in [0.717, 1.165) is 12.0 Å². The summed E-state index contributed by atoms with van der Waals surface area (Å²) in [5.74, 6) is 0. The first-order chi connectivity index (χ1) is 10.3. The number of rotatable bonds is 5. The summed E-state index contributed by atoms with van der Waals surface area (Å²) in [5.41, 5.74) is 2.34. The molecule has 1 aliphatic rings. The molecule has 2 unspecified atom stereocenters. The van der Waals surface area contributed by atoms with E-state index in [1.807, 2.05) is 24.3 Å². The molecule has 2 rings (SSSR count). The van der Waals surface area contributed by atoms with Crippen molar-refractivity contribution in [2.75, 3.05) is 6.61 Å². The molecule has 8 heteroatoms. The number of benzene rings is 1. The maximum absolute atomic E-state index is 11.6. The summed E-state index contributed by atoms with van der Waals surface area (Å²) in [7, 11) is -4.60. The van der Waals surface area contributed by atoms with Gasteiger partial charge in [0.2, 0.25) is 0 Å². The average molecular weight is 329 g/mol. The molecular weight excluding hydrogens is 309 g/mol. The SMILES string of the molecule is CC(COP(=O)(O)O)N(C(=O)O)C1CCc2ccccc2C1. The van der Waals surface area contributed by atoms with Crippen molar-refractivity contribution in [3.05, 3.63) is 35.4 Å². The quantitative estimate of drug-likeness (QED) is 0.714. The van der Waals surface area contributed by atoms with Gasteiger partial charge in [0.1, 0.15) is 0 Å². The van der Waals surface area contributed by atoms with Gasteiger partial charge in [-0.2, -0.15) is 0 Å². The third kappa shape index (κ3) is 4.30. The highest BCUT2D eigenvalue weighted by Gasteiger charge is 2.32. The van der Waals surface area contributed by atoms with Gasteiger partial charge in [0.15, 0.2) is 0 Å². The fourth-order valence-electron chi connectivity index (χ4n) is 2.91. The molecule has 7 nitrogen and oxygen atoms in total. The molecule has 0 saturated heterocycles. The summed E-state index contributed by atoms with van der Waals surface area (Å²) in [5, 5.41) is 9.45. The number of phosphoric ester groups is 1. The maximum Gasteiger partial charge on any atom is 0.469 e. The zero-order valence-electron chi connectivity index (χ0n) is 12.3. The Kier molecular flexibility index (Phi) is 5.24.